The maximum Gasteiger partial charge on any atom is 0.107 e. The first kappa shape index (κ1) is 12.0. The quantitative estimate of drug-likeness (QED) is 0.522. The van der Waals surface area contributed by atoms with Crippen molar-refractivity contribution >= 4 is 55.4 Å². The Labute approximate surface area is 124 Å². The third kappa shape index (κ3) is 1.86. The fourth-order valence-electron chi connectivity index (χ4n) is 2.57. The minimum atomic E-state index is 0.233. The largest absolute Gasteiger partial charge is 0.368 e. The molecule has 0 spiro atoms. The first-order valence-electron chi connectivity index (χ1n) is 6.07. The van der Waals surface area contributed by atoms with Gasteiger partial charge in [0.15, 0.2) is 0 Å². The molecule has 2 aromatic carbocycles. The fraction of sp³-hybridized carbons (Fsp3) is 0.200. The van der Waals surface area contributed by atoms with E-state index in [-0.39, 0.29) is 6.10 Å². The van der Waals surface area contributed by atoms with Crippen LogP contribution in [0.15, 0.2) is 24.3 Å². The van der Waals surface area contributed by atoms with Crippen LogP contribution in [0.3, 0.4) is 0 Å². The van der Waals surface area contributed by atoms with E-state index >= 15 is 0 Å². The van der Waals surface area contributed by atoms with E-state index in [1.165, 1.54) is 20.5 Å². The van der Waals surface area contributed by atoms with E-state index < -0.39 is 0 Å². The Bertz CT molecular complexity index is 818. The Morgan fingerprint density at radius 2 is 1.89 bits per heavy atom. The first-order valence-corrected chi connectivity index (χ1v) is 7.64. The van der Waals surface area contributed by atoms with Crippen LogP contribution in [0.25, 0.3) is 20.9 Å². The molecule has 1 unspecified atom stereocenters. The zero-order chi connectivity index (χ0) is 13.1. The molecule has 3 aromatic rings. The highest BCUT2D eigenvalue weighted by atomic mass is 35.5. The highest BCUT2D eigenvalue weighted by Gasteiger charge is 2.28. The molecule has 0 radical (unpaired) electrons. The van der Waals surface area contributed by atoms with Crippen molar-refractivity contribution in [2.45, 2.75) is 13.0 Å². The van der Waals surface area contributed by atoms with Crippen LogP contribution in [0, 0.1) is 6.92 Å². The van der Waals surface area contributed by atoms with Gasteiger partial charge in [-0.3, -0.25) is 0 Å². The highest BCUT2D eigenvalue weighted by molar-refractivity contribution is 7.19. The smallest absolute Gasteiger partial charge is 0.107 e. The van der Waals surface area contributed by atoms with Crippen LogP contribution in [0.4, 0.5) is 0 Å². The van der Waals surface area contributed by atoms with E-state index in [4.69, 9.17) is 27.9 Å². The lowest BCUT2D eigenvalue weighted by Gasteiger charge is -2.07. The summed E-state index contributed by atoms with van der Waals surface area (Å²) in [5.74, 6) is 0. The van der Waals surface area contributed by atoms with Crippen molar-refractivity contribution in [2.75, 3.05) is 6.61 Å². The number of rotatable bonds is 1. The molecular weight excluding hydrogens is 299 g/mol. The summed E-state index contributed by atoms with van der Waals surface area (Å²) in [6, 6.07) is 8.16. The Kier molecular flexibility index (Phi) is 2.58. The van der Waals surface area contributed by atoms with Crippen molar-refractivity contribution in [3.63, 3.8) is 0 Å². The Hall–Kier alpha value is -0.800. The molecule has 1 aliphatic rings. The molecule has 0 saturated carbocycles. The fourth-order valence-corrected chi connectivity index (χ4v) is 4.20. The van der Waals surface area contributed by atoms with Gasteiger partial charge >= 0.3 is 0 Å². The minimum absolute atomic E-state index is 0.233. The summed E-state index contributed by atoms with van der Waals surface area (Å²) in [4.78, 5) is 1.29. The standard InChI is InChI=1S/C15H10Cl2OS/c1-7-2-11-9-3-8(16)4-13(17)10(9)5-12(14-6-18-14)15(11)19-7/h2-5,14H,6H2,1H3. The predicted molar refractivity (Wildman–Crippen MR) is 82.8 cm³/mol. The second-order valence-electron chi connectivity index (χ2n) is 4.87. The number of fused-ring (bicyclic) bond motifs is 3. The Morgan fingerprint density at radius 3 is 2.63 bits per heavy atom. The molecule has 0 bridgehead atoms. The molecule has 0 aliphatic carbocycles. The Balaban J connectivity index is 2.22. The summed E-state index contributed by atoms with van der Waals surface area (Å²) >= 11 is 14.3. The summed E-state index contributed by atoms with van der Waals surface area (Å²) in [5.41, 5.74) is 1.25. The molecule has 1 atom stereocenters. The van der Waals surface area contributed by atoms with Crippen LogP contribution < -0.4 is 0 Å². The second-order valence-corrected chi connectivity index (χ2v) is 6.97. The lowest BCUT2D eigenvalue weighted by molar-refractivity contribution is 0.417. The molecule has 0 amide bonds. The number of hydrogen-bond donors (Lipinski definition) is 0. The van der Waals surface area contributed by atoms with Crippen LogP contribution in [0.1, 0.15) is 16.5 Å². The maximum atomic E-state index is 6.34. The number of thiophene rings is 1. The van der Waals surface area contributed by atoms with E-state index in [2.05, 4.69) is 19.1 Å². The maximum absolute atomic E-state index is 6.34. The zero-order valence-electron chi connectivity index (χ0n) is 10.2. The molecule has 1 aromatic heterocycles. The topological polar surface area (TPSA) is 12.5 Å². The van der Waals surface area contributed by atoms with Gasteiger partial charge in [-0.2, -0.15) is 0 Å². The summed E-state index contributed by atoms with van der Waals surface area (Å²) in [6.45, 7) is 2.93. The highest BCUT2D eigenvalue weighted by Crippen LogP contribution is 2.44. The van der Waals surface area contributed by atoms with Gasteiger partial charge < -0.3 is 4.74 Å². The molecule has 1 nitrogen and oxygen atoms in total. The molecule has 96 valence electrons. The first-order chi connectivity index (χ1) is 9.13. The third-order valence-corrected chi connectivity index (χ3v) is 5.11. The number of aryl methyl sites for hydroxylation is 1. The van der Waals surface area contributed by atoms with Crippen LogP contribution in [0.2, 0.25) is 10.0 Å². The van der Waals surface area contributed by atoms with E-state index in [0.717, 1.165) is 17.4 Å². The normalized spacial score (nSPS) is 18.4. The average molecular weight is 309 g/mol. The SMILES string of the molecule is Cc1cc2c(s1)c(C1CO1)cc1c(Cl)cc(Cl)cc12. The molecule has 1 fully saturated rings. The number of epoxide rings is 1. The van der Waals surface area contributed by atoms with Crippen molar-refractivity contribution in [2.24, 2.45) is 0 Å². The van der Waals surface area contributed by atoms with Crippen LogP contribution in [0.5, 0.6) is 0 Å². The van der Waals surface area contributed by atoms with E-state index in [9.17, 15) is 0 Å². The van der Waals surface area contributed by atoms with Crippen molar-refractivity contribution in [3.8, 4) is 0 Å². The summed E-state index contributed by atoms with van der Waals surface area (Å²) in [5, 5.41) is 4.80. The number of halogens is 2. The molecular formula is C15H10Cl2OS. The predicted octanol–water partition coefficient (Wildman–Crippen LogP) is 5.74. The number of hydrogen-bond acceptors (Lipinski definition) is 2. The van der Waals surface area contributed by atoms with Crippen molar-refractivity contribution < 1.29 is 4.74 Å². The summed E-state index contributed by atoms with van der Waals surface area (Å²) in [6.07, 6.45) is 0.233. The van der Waals surface area contributed by atoms with Gasteiger partial charge in [0, 0.05) is 36.0 Å². The average Bonchev–Trinajstić information content (AvgIpc) is 3.10. The van der Waals surface area contributed by atoms with E-state index in [0.29, 0.717) is 10.0 Å². The molecule has 1 aliphatic heterocycles. The van der Waals surface area contributed by atoms with Gasteiger partial charge in [0.25, 0.3) is 0 Å². The van der Waals surface area contributed by atoms with Gasteiger partial charge in [-0.25, -0.2) is 0 Å². The van der Waals surface area contributed by atoms with Gasteiger partial charge in [0.1, 0.15) is 6.10 Å². The van der Waals surface area contributed by atoms with Crippen LogP contribution in [-0.4, -0.2) is 6.61 Å². The third-order valence-electron chi connectivity index (χ3n) is 3.48. The lowest BCUT2D eigenvalue weighted by Crippen LogP contribution is -1.84. The van der Waals surface area contributed by atoms with Gasteiger partial charge in [-0.15, -0.1) is 11.3 Å². The summed E-state index contributed by atoms with van der Waals surface area (Å²) < 4.78 is 6.76. The second kappa shape index (κ2) is 4.10. The van der Waals surface area contributed by atoms with Gasteiger partial charge in [-0.05, 0) is 36.6 Å². The summed E-state index contributed by atoms with van der Waals surface area (Å²) in [7, 11) is 0. The minimum Gasteiger partial charge on any atom is -0.368 e. The lowest BCUT2D eigenvalue weighted by atomic mass is 10.0. The van der Waals surface area contributed by atoms with E-state index in [1.807, 2.05) is 17.4 Å². The van der Waals surface area contributed by atoms with Gasteiger partial charge in [-0.1, -0.05) is 23.2 Å². The Morgan fingerprint density at radius 1 is 1.11 bits per heavy atom. The van der Waals surface area contributed by atoms with Crippen LogP contribution >= 0.6 is 34.5 Å². The molecule has 1 saturated heterocycles. The van der Waals surface area contributed by atoms with E-state index in [1.54, 1.807) is 6.07 Å². The number of benzene rings is 2. The van der Waals surface area contributed by atoms with Gasteiger partial charge in [0.2, 0.25) is 0 Å². The molecule has 2 heterocycles. The van der Waals surface area contributed by atoms with Crippen LogP contribution in [-0.2, 0) is 4.74 Å². The van der Waals surface area contributed by atoms with Crippen molar-refractivity contribution in [3.05, 3.63) is 44.8 Å². The van der Waals surface area contributed by atoms with Crippen molar-refractivity contribution in [1.29, 1.82) is 0 Å². The number of ether oxygens (including phenoxy) is 1. The van der Waals surface area contributed by atoms with Gasteiger partial charge in [0.05, 0.1) is 6.61 Å². The zero-order valence-corrected chi connectivity index (χ0v) is 12.5. The molecule has 4 rings (SSSR count). The molecule has 0 N–H and O–H groups in total. The molecule has 4 heteroatoms. The monoisotopic (exact) mass is 308 g/mol. The van der Waals surface area contributed by atoms with Crippen molar-refractivity contribution in [1.82, 2.24) is 0 Å². The molecule has 19 heavy (non-hydrogen) atoms.